The van der Waals surface area contributed by atoms with E-state index in [1.165, 1.54) is 19.8 Å². The molecule has 4 aromatic rings. The van der Waals surface area contributed by atoms with Gasteiger partial charge in [0.2, 0.25) is 0 Å². The summed E-state index contributed by atoms with van der Waals surface area (Å²) < 4.78 is 15.9. The Labute approximate surface area is 219 Å². The van der Waals surface area contributed by atoms with Crippen LogP contribution >= 0.6 is 0 Å². The molecule has 2 aromatic carbocycles. The van der Waals surface area contributed by atoms with Gasteiger partial charge >= 0.3 is 11.8 Å². The minimum absolute atomic E-state index is 0.257. The normalized spacial score (nSPS) is 11.1. The van der Waals surface area contributed by atoms with Crippen LogP contribution in [0.1, 0.15) is 35.5 Å². The highest BCUT2D eigenvalue weighted by Crippen LogP contribution is 2.32. The van der Waals surface area contributed by atoms with Crippen molar-refractivity contribution in [1.82, 2.24) is 10.3 Å². The van der Waals surface area contributed by atoms with Crippen molar-refractivity contribution in [2.24, 2.45) is 0 Å². The van der Waals surface area contributed by atoms with Crippen LogP contribution in [0.5, 0.6) is 5.75 Å². The van der Waals surface area contributed by atoms with Crippen molar-refractivity contribution in [3.63, 3.8) is 0 Å². The lowest BCUT2D eigenvalue weighted by atomic mass is 9.94. The second kappa shape index (κ2) is 11.0. The molecule has 0 aliphatic rings. The fourth-order valence-corrected chi connectivity index (χ4v) is 3.95. The zero-order valence-electron chi connectivity index (χ0n) is 21.5. The third-order valence-electron chi connectivity index (χ3n) is 5.78. The van der Waals surface area contributed by atoms with E-state index in [1.54, 1.807) is 49.5 Å². The summed E-state index contributed by atoms with van der Waals surface area (Å²) in [4.78, 5) is 41.5. The Bertz CT molecular complexity index is 1440. The van der Waals surface area contributed by atoms with Gasteiger partial charge in [-0.05, 0) is 63.1 Å². The van der Waals surface area contributed by atoms with Gasteiger partial charge in [0.05, 0.1) is 30.7 Å². The molecule has 0 atom stereocenters. The number of nitrogens with one attached hydrogen (secondary N) is 3. The number of carbonyl (C=O) groups is 3. The summed E-state index contributed by atoms with van der Waals surface area (Å²) in [5.74, 6) is -0.314. The molecular formula is C28H28N4O6. The number of benzene rings is 2. The van der Waals surface area contributed by atoms with Crippen molar-refractivity contribution in [2.45, 2.75) is 32.7 Å². The van der Waals surface area contributed by atoms with Gasteiger partial charge in [-0.2, -0.15) is 0 Å². The number of oxazole rings is 1. The topological polar surface area (TPSA) is 136 Å². The Morgan fingerprint density at radius 3 is 2.32 bits per heavy atom. The number of rotatable bonds is 8. The van der Waals surface area contributed by atoms with Crippen LogP contribution in [0.4, 0.5) is 11.4 Å². The summed E-state index contributed by atoms with van der Waals surface area (Å²) in [6.07, 6.45) is 4.79. The lowest BCUT2D eigenvalue weighted by molar-refractivity contribution is -0.137. The molecule has 2 heterocycles. The Kier molecular flexibility index (Phi) is 7.61. The number of hydrogen-bond donors (Lipinski definition) is 3. The molecule has 38 heavy (non-hydrogen) atoms. The monoisotopic (exact) mass is 516 g/mol. The van der Waals surface area contributed by atoms with Crippen LogP contribution in [0.3, 0.4) is 0 Å². The van der Waals surface area contributed by atoms with E-state index in [-0.39, 0.29) is 5.91 Å². The van der Waals surface area contributed by atoms with E-state index in [0.717, 1.165) is 5.56 Å². The molecule has 196 valence electrons. The molecule has 0 unspecified atom stereocenters. The zero-order chi connectivity index (χ0) is 27.3. The van der Waals surface area contributed by atoms with Gasteiger partial charge in [0.15, 0.2) is 12.2 Å². The number of hydrogen-bond acceptors (Lipinski definition) is 7. The number of amides is 3. The van der Waals surface area contributed by atoms with Crippen LogP contribution in [0.2, 0.25) is 0 Å². The molecule has 0 saturated carbocycles. The molecule has 0 radical (unpaired) electrons. The number of furan rings is 1. The van der Waals surface area contributed by atoms with E-state index in [4.69, 9.17) is 13.6 Å². The standard InChI is InChI=1S/C28H28N4O6/c1-17-21(11-12-37-17)25(33)30-19-7-5-18(6-8-19)14-28(2,3)32-27(35)26(34)31-20-9-10-22(23(13-20)36-4)24-15-29-16-38-24/h5-13,15-16H,14H2,1-4H3,(H,30,33)(H,31,34)(H,32,35). The number of aromatic nitrogens is 1. The highest BCUT2D eigenvalue weighted by Gasteiger charge is 2.25. The minimum atomic E-state index is -0.805. The summed E-state index contributed by atoms with van der Waals surface area (Å²) in [7, 11) is 1.50. The molecule has 0 spiro atoms. The van der Waals surface area contributed by atoms with Crippen molar-refractivity contribution in [1.29, 1.82) is 0 Å². The number of anilines is 2. The van der Waals surface area contributed by atoms with E-state index in [9.17, 15) is 14.4 Å². The van der Waals surface area contributed by atoms with E-state index < -0.39 is 17.4 Å². The van der Waals surface area contributed by atoms with Crippen LogP contribution in [0, 0.1) is 6.92 Å². The first-order valence-electron chi connectivity index (χ1n) is 11.8. The second-order valence-corrected chi connectivity index (χ2v) is 9.29. The summed E-state index contributed by atoms with van der Waals surface area (Å²) in [6, 6.07) is 13.8. The average molecular weight is 517 g/mol. The highest BCUT2D eigenvalue weighted by molar-refractivity contribution is 6.39. The maximum atomic E-state index is 12.6. The summed E-state index contributed by atoms with van der Waals surface area (Å²) in [5, 5.41) is 8.19. The molecule has 4 rings (SSSR count). The van der Waals surface area contributed by atoms with Gasteiger partial charge in [-0.15, -0.1) is 0 Å². The van der Waals surface area contributed by atoms with Gasteiger partial charge in [-0.1, -0.05) is 12.1 Å². The molecule has 0 aliphatic carbocycles. The molecule has 3 amide bonds. The van der Waals surface area contributed by atoms with Crippen LogP contribution < -0.4 is 20.7 Å². The third kappa shape index (κ3) is 6.28. The van der Waals surface area contributed by atoms with Gasteiger partial charge in [0.1, 0.15) is 11.5 Å². The van der Waals surface area contributed by atoms with Gasteiger partial charge in [0.25, 0.3) is 5.91 Å². The predicted molar refractivity (Wildman–Crippen MR) is 141 cm³/mol. The molecule has 0 aliphatic heterocycles. The van der Waals surface area contributed by atoms with Crippen LogP contribution in [-0.4, -0.2) is 35.4 Å². The number of carbonyl (C=O) groups excluding carboxylic acids is 3. The quantitative estimate of drug-likeness (QED) is 0.292. The second-order valence-electron chi connectivity index (χ2n) is 9.29. The predicted octanol–water partition coefficient (Wildman–Crippen LogP) is 4.58. The number of ether oxygens (including phenoxy) is 1. The van der Waals surface area contributed by atoms with Crippen molar-refractivity contribution in [3.8, 4) is 17.1 Å². The molecule has 10 nitrogen and oxygen atoms in total. The third-order valence-corrected chi connectivity index (χ3v) is 5.78. The Morgan fingerprint density at radius 1 is 0.947 bits per heavy atom. The fourth-order valence-electron chi connectivity index (χ4n) is 3.95. The summed E-state index contributed by atoms with van der Waals surface area (Å²) >= 11 is 0. The van der Waals surface area contributed by atoms with Crippen LogP contribution in [0.15, 0.2) is 76.2 Å². The van der Waals surface area contributed by atoms with E-state index in [2.05, 4.69) is 20.9 Å². The smallest absolute Gasteiger partial charge is 0.313 e. The molecule has 0 saturated heterocycles. The Hall–Kier alpha value is -4.86. The van der Waals surface area contributed by atoms with Crippen molar-refractivity contribution >= 4 is 29.1 Å². The average Bonchev–Trinajstić information content (AvgIpc) is 3.56. The maximum absolute atomic E-state index is 12.6. The number of methoxy groups -OCH3 is 1. The van der Waals surface area contributed by atoms with Gasteiger partial charge < -0.3 is 29.5 Å². The fraction of sp³-hybridized carbons (Fsp3) is 0.214. The van der Waals surface area contributed by atoms with Crippen molar-refractivity contribution in [3.05, 3.63) is 84.3 Å². The van der Waals surface area contributed by atoms with E-state index in [0.29, 0.717) is 46.2 Å². The van der Waals surface area contributed by atoms with Crippen molar-refractivity contribution in [2.75, 3.05) is 17.7 Å². The first kappa shape index (κ1) is 26.2. The number of aryl methyl sites for hydroxylation is 1. The van der Waals surface area contributed by atoms with Crippen LogP contribution in [0.25, 0.3) is 11.3 Å². The first-order chi connectivity index (χ1) is 18.1. The highest BCUT2D eigenvalue weighted by atomic mass is 16.5. The SMILES string of the molecule is COc1cc(NC(=O)C(=O)NC(C)(C)Cc2ccc(NC(=O)c3ccoc3C)cc2)ccc1-c1cnco1. The number of nitrogens with zero attached hydrogens (tertiary/aromatic N) is 1. The minimum Gasteiger partial charge on any atom is -0.496 e. The van der Waals surface area contributed by atoms with Crippen LogP contribution in [-0.2, 0) is 16.0 Å². The summed E-state index contributed by atoms with van der Waals surface area (Å²) in [6.45, 7) is 5.37. The summed E-state index contributed by atoms with van der Waals surface area (Å²) in [5.41, 5.74) is 2.36. The lowest BCUT2D eigenvalue weighted by Crippen LogP contribution is -2.49. The molecule has 0 fully saturated rings. The largest absolute Gasteiger partial charge is 0.496 e. The molecule has 3 N–H and O–H groups in total. The molecule has 0 bridgehead atoms. The first-order valence-corrected chi connectivity index (χ1v) is 11.8. The van der Waals surface area contributed by atoms with Gasteiger partial charge in [-0.3, -0.25) is 14.4 Å². The van der Waals surface area contributed by atoms with Crippen molar-refractivity contribution < 1.29 is 28.0 Å². The molecule has 10 heteroatoms. The van der Waals surface area contributed by atoms with E-state index in [1.807, 2.05) is 26.0 Å². The lowest BCUT2D eigenvalue weighted by Gasteiger charge is -2.26. The van der Waals surface area contributed by atoms with Gasteiger partial charge in [0, 0.05) is 23.0 Å². The Balaban J connectivity index is 1.33. The zero-order valence-corrected chi connectivity index (χ0v) is 21.5. The molecular weight excluding hydrogens is 488 g/mol. The molecule has 2 aromatic heterocycles. The maximum Gasteiger partial charge on any atom is 0.313 e. The Morgan fingerprint density at radius 2 is 1.68 bits per heavy atom. The van der Waals surface area contributed by atoms with Gasteiger partial charge in [-0.25, -0.2) is 4.98 Å². The van der Waals surface area contributed by atoms with E-state index >= 15 is 0 Å².